The Kier molecular flexibility index (Phi) is 4.83. The Morgan fingerprint density at radius 3 is 2.56 bits per heavy atom. The molecule has 1 saturated heterocycles. The van der Waals surface area contributed by atoms with E-state index in [1.165, 1.54) is 45.1 Å². The molecule has 2 heteroatoms. The van der Waals surface area contributed by atoms with Crippen LogP contribution in [0, 0.1) is 11.8 Å². The Balaban J connectivity index is 1.97. The summed E-state index contributed by atoms with van der Waals surface area (Å²) in [7, 11) is 0. The van der Waals surface area contributed by atoms with Gasteiger partial charge in [-0.3, -0.25) is 9.69 Å². The molecule has 0 radical (unpaired) electrons. The van der Waals surface area contributed by atoms with Crippen LogP contribution in [0.15, 0.2) is 0 Å². The van der Waals surface area contributed by atoms with Gasteiger partial charge in [0.2, 0.25) is 0 Å². The summed E-state index contributed by atoms with van der Waals surface area (Å²) in [5, 5.41) is 0. The van der Waals surface area contributed by atoms with E-state index in [0.29, 0.717) is 11.8 Å². The molecule has 104 valence electrons. The van der Waals surface area contributed by atoms with Crippen LogP contribution in [-0.2, 0) is 4.79 Å². The summed E-state index contributed by atoms with van der Waals surface area (Å²) in [6, 6.07) is 1.29. The van der Waals surface area contributed by atoms with Crippen LogP contribution in [0.3, 0.4) is 0 Å². The van der Waals surface area contributed by atoms with E-state index in [9.17, 15) is 4.79 Å². The fraction of sp³-hybridized carbons (Fsp3) is 0.938. The zero-order chi connectivity index (χ0) is 13.1. The van der Waals surface area contributed by atoms with E-state index in [1.54, 1.807) is 6.92 Å². The van der Waals surface area contributed by atoms with Crippen molar-refractivity contribution >= 4 is 5.78 Å². The molecule has 1 saturated carbocycles. The monoisotopic (exact) mass is 251 g/mol. The fourth-order valence-electron chi connectivity index (χ4n) is 3.87. The average Bonchev–Trinajstić information content (AvgIpc) is 2.33. The van der Waals surface area contributed by atoms with Crippen LogP contribution in [-0.4, -0.2) is 29.3 Å². The predicted octanol–water partition coefficient (Wildman–Crippen LogP) is 3.64. The highest BCUT2D eigenvalue weighted by Crippen LogP contribution is 2.35. The molecule has 0 aromatic heterocycles. The molecule has 0 aromatic carbocycles. The Bertz CT molecular complexity index is 289. The first-order valence-corrected chi connectivity index (χ1v) is 7.83. The van der Waals surface area contributed by atoms with E-state index < -0.39 is 0 Å². The lowest BCUT2D eigenvalue weighted by Gasteiger charge is -2.45. The second-order valence-corrected chi connectivity index (χ2v) is 6.72. The Labute approximate surface area is 112 Å². The summed E-state index contributed by atoms with van der Waals surface area (Å²) in [4.78, 5) is 14.1. The Morgan fingerprint density at radius 2 is 1.89 bits per heavy atom. The van der Waals surface area contributed by atoms with E-state index in [0.717, 1.165) is 24.3 Å². The smallest absolute Gasteiger partial charge is 0.131 e. The minimum Gasteiger partial charge on any atom is -0.300 e. The predicted molar refractivity (Wildman–Crippen MR) is 75.6 cm³/mol. The van der Waals surface area contributed by atoms with Gasteiger partial charge in [-0.25, -0.2) is 0 Å². The van der Waals surface area contributed by atoms with Crippen molar-refractivity contribution in [3.05, 3.63) is 0 Å². The SMILES string of the molecule is CC(=O)CC1CCCCN1C1CCC(C)C(C)C1. The van der Waals surface area contributed by atoms with E-state index in [4.69, 9.17) is 0 Å². The average molecular weight is 251 g/mol. The van der Waals surface area contributed by atoms with Crippen molar-refractivity contribution in [2.24, 2.45) is 11.8 Å². The second-order valence-electron chi connectivity index (χ2n) is 6.72. The molecule has 0 aromatic rings. The number of hydrogen-bond acceptors (Lipinski definition) is 2. The number of piperidine rings is 1. The number of hydrogen-bond donors (Lipinski definition) is 0. The third-order valence-corrected chi connectivity index (χ3v) is 5.24. The molecule has 0 bridgehead atoms. The third-order valence-electron chi connectivity index (χ3n) is 5.24. The standard InChI is InChI=1S/C16H29NO/c1-12-7-8-16(10-13(12)2)17-9-5-4-6-15(17)11-14(3)18/h12-13,15-16H,4-11H2,1-3H3. The summed E-state index contributed by atoms with van der Waals surface area (Å²) >= 11 is 0. The topological polar surface area (TPSA) is 20.3 Å². The van der Waals surface area contributed by atoms with Crippen molar-refractivity contribution in [2.45, 2.75) is 77.8 Å². The first-order valence-electron chi connectivity index (χ1n) is 7.83. The summed E-state index contributed by atoms with van der Waals surface area (Å²) < 4.78 is 0. The molecule has 0 amide bonds. The van der Waals surface area contributed by atoms with Crippen molar-refractivity contribution in [1.29, 1.82) is 0 Å². The molecule has 0 N–H and O–H groups in total. The molecule has 18 heavy (non-hydrogen) atoms. The number of Topliss-reactive ketones (excluding diaryl/α,β-unsaturated/α-hetero) is 1. The van der Waals surface area contributed by atoms with Crippen LogP contribution in [0.5, 0.6) is 0 Å². The highest BCUT2D eigenvalue weighted by atomic mass is 16.1. The maximum Gasteiger partial charge on any atom is 0.131 e. The van der Waals surface area contributed by atoms with Gasteiger partial charge in [-0.05, 0) is 57.4 Å². The molecule has 4 atom stereocenters. The van der Waals surface area contributed by atoms with Crippen molar-refractivity contribution in [3.8, 4) is 0 Å². The largest absolute Gasteiger partial charge is 0.300 e. The highest BCUT2D eigenvalue weighted by Gasteiger charge is 2.33. The van der Waals surface area contributed by atoms with E-state index in [1.807, 2.05) is 0 Å². The number of ketones is 1. The van der Waals surface area contributed by atoms with Gasteiger partial charge in [0.1, 0.15) is 5.78 Å². The molecule has 4 unspecified atom stereocenters. The number of carbonyl (C=O) groups is 1. The van der Waals surface area contributed by atoms with Crippen LogP contribution in [0.2, 0.25) is 0 Å². The second kappa shape index (κ2) is 6.18. The maximum atomic E-state index is 11.4. The first-order chi connectivity index (χ1) is 8.58. The molecule has 1 aliphatic heterocycles. The minimum atomic E-state index is 0.365. The zero-order valence-electron chi connectivity index (χ0n) is 12.3. The lowest BCUT2D eigenvalue weighted by atomic mass is 9.77. The first kappa shape index (κ1) is 14.0. The molecule has 2 fully saturated rings. The number of rotatable bonds is 3. The zero-order valence-corrected chi connectivity index (χ0v) is 12.3. The quantitative estimate of drug-likeness (QED) is 0.763. The van der Waals surface area contributed by atoms with Gasteiger partial charge in [-0.2, -0.15) is 0 Å². The van der Waals surface area contributed by atoms with Crippen LogP contribution < -0.4 is 0 Å². The van der Waals surface area contributed by atoms with Gasteiger partial charge in [0.15, 0.2) is 0 Å². The van der Waals surface area contributed by atoms with Crippen molar-refractivity contribution in [2.75, 3.05) is 6.54 Å². The number of carbonyl (C=O) groups excluding carboxylic acids is 1. The van der Waals surface area contributed by atoms with Gasteiger partial charge < -0.3 is 0 Å². The summed E-state index contributed by atoms with van der Waals surface area (Å²) in [5.41, 5.74) is 0. The Hall–Kier alpha value is -0.370. The van der Waals surface area contributed by atoms with Crippen molar-refractivity contribution in [3.63, 3.8) is 0 Å². The molecule has 2 rings (SSSR count). The van der Waals surface area contributed by atoms with Crippen LogP contribution >= 0.6 is 0 Å². The van der Waals surface area contributed by atoms with Gasteiger partial charge in [-0.15, -0.1) is 0 Å². The van der Waals surface area contributed by atoms with Crippen molar-refractivity contribution < 1.29 is 4.79 Å². The normalized spacial score (nSPS) is 38.6. The molecule has 2 nitrogen and oxygen atoms in total. The van der Waals surface area contributed by atoms with Crippen molar-refractivity contribution in [1.82, 2.24) is 4.90 Å². The van der Waals surface area contributed by atoms with E-state index in [-0.39, 0.29) is 0 Å². The number of nitrogens with zero attached hydrogens (tertiary/aromatic N) is 1. The molecule has 1 heterocycles. The Morgan fingerprint density at radius 1 is 1.11 bits per heavy atom. The van der Waals surface area contributed by atoms with Gasteiger partial charge in [0.25, 0.3) is 0 Å². The molecule has 1 aliphatic carbocycles. The summed E-state index contributed by atoms with van der Waals surface area (Å²) in [6.07, 6.45) is 8.72. The lowest BCUT2D eigenvalue weighted by molar-refractivity contribution is -0.119. The molecule has 2 aliphatic rings. The summed E-state index contributed by atoms with van der Waals surface area (Å²) in [5.74, 6) is 2.10. The van der Waals surface area contributed by atoms with Gasteiger partial charge >= 0.3 is 0 Å². The van der Waals surface area contributed by atoms with E-state index >= 15 is 0 Å². The maximum absolute atomic E-state index is 11.4. The summed E-state index contributed by atoms with van der Waals surface area (Å²) in [6.45, 7) is 7.77. The fourth-order valence-corrected chi connectivity index (χ4v) is 3.87. The van der Waals surface area contributed by atoms with Gasteiger partial charge in [-0.1, -0.05) is 20.3 Å². The van der Waals surface area contributed by atoms with Crippen LogP contribution in [0.1, 0.15) is 65.7 Å². The molecule has 0 spiro atoms. The number of likely N-dealkylation sites (tertiary alicyclic amines) is 1. The van der Waals surface area contributed by atoms with Gasteiger partial charge in [0, 0.05) is 18.5 Å². The highest BCUT2D eigenvalue weighted by molar-refractivity contribution is 5.76. The van der Waals surface area contributed by atoms with Crippen LogP contribution in [0.25, 0.3) is 0 Å². The lowest BCUT2D eigenvalue weighted by Crippen LogP contribution is -2.49. The molecular weight excluding hydrogens is 222 g/mol. The van der Waals surface area contributed by atoms with Crippen LogP contribution in [0.4, 0.5) is 0 Å². The minimum absolute atomic E-state index is 0.365. The third kappa shape index (κ3) is 3.34. The van der Waals surface area contributed by atoms with E-state index in [2.05, 4.69) is 18.7 Å². The molecular formula is C16H29NO. The van der Waals surface area contributed by atoms with Gasteiger partial charge in [0.05, 0.1) is 0 Å².